The summed E-state index contributed by atoms with van der Waals surface area (Å²) in [5.41, 5.74) is 7.68. The summed E-state index contributed by atoms with van der Waals surface area (Å²) in [5.74, 6) is -0.412. The minimum absolute atomic E-state index is 0.145. The van der Waals surface area contributed by atoms with E-state index in [4.69, 9.17) is 5.73 Å². The highest BCUT2D eigenvalue weighted by molar-refractivity contribution is 5.97. The molecule has 0 saturated heterocycles. The van der Waals surface area contributed by atoms with E-state index in [1.54, 1.807) is 6.92 Å². The van der Waals surface area contributed by atoms with Gasteiger partial charge in [-0.3, -0.25) is 9.89 Å². The number of aromatic amines is 1. The number of nitrogens with two attached hydrogens (primary N) is 1. The van der Waals surface area contributed by atoms with Crippen molar-refractivity contribution in [2.45, 2.75) is 13.0 Å². The summed E-state index contributed by atoms with van der Waals surface area (Å²) < 4.78 is 0. The van der Waals surface area contributed by atoms with Gasteiger partial charge in [0.2, 0.25) is 0 Å². The van der Waals surface area contributed by atoms with Crippen LogP contribution in [0.4, 0.5) is 5.69 Å². The average molecular weight is 260 g/mol. The van der Waals surface area contributed by atoms with E-state index in [-0.39, 0.29) is 12.3 Å². The lowest BCUT2D eigenvalue weighted by Gasteiger charge is -2.16. The monoisotopic (exact) mass is 260 g/mol. The lowest BCUT2D eigenvalue weighted by atomic mass is 10.1. The zero-order chi connectivity index (χ0) is 13.8. The van der Waals surface area contributed by atoms with E-state index >= 15 is 0 Å². The quantitative estimate of drug-likeness (QED) is 0.651. The van der Waals surface area contributed by atoms with Crippen LogP contribution in [0, 0.1) is 6.92 Å². The fourth-order valence-corrected chi connectivity index (χ4v) is 1.76. The van der Waals surface area contributed by atoms with Crippen LogP contribution in [-0.2, 0) is 0 Å². The SMILES string of the molecule is Cc1[nH]nc(C(=O)NC(CO)c2ccccc2)c1N. The Morgan fingerprint density at radius 2 is 2.16 bits per heavy atom. The molecule has 0 aliphatic rings. The Balaban J connectivity index is 2.15. The van der Waals surface area contributed by atoms with E-state index < -0.39 is 11.9 Å². The Labute approximate surface area is 110 Å². The van der Waals surface area contributed by atoms with Gasteiger partial charge in [-0.2, -0.15) is 5.10 Å². The van der Waals surface area contributed by atoms with Gasteiger partial charge >= 0.3 is 0 Å². The van der Waals surface area contributed by atoms with Gasteiger partial charge in [-0.1, -0.05) is 30.3 Å². The predicted octanol–water partition coefficient (Wildman–Crippen LogP) is 0.764. The molecule has 1 atom stereocenters. The number of H-pyrrole nitrogens is 1. The molecule has 1 aromatic heterocycles. The summed E-state index contributed by atoms with van der Waals surface area (Å²) in [6, 6.07) is 8.74. The normalized spacial score (nSPS) is 12.1. The van der Waals surface area contributed by atoms with E-state index in [0.717, 1.165) is 5.56 Å². The minimum atomic E-state index is -0.481. The minimum Gasteiger partial charge on any atom is -0.395 e. The number of aliphatic hydroxyl groups is 1. The van der Waals surface area contributed by atoms with E-state index in [1.165, 1.54) is 0 Å². The highest BCUT2D eigenvalue weighted by Crippen LogP contribution is 2.16. The van der Waals surface area contributed by atoms with Crippen molar-refractivity contribution in [1.82, 2.24) is 15.5 Å². The number of carbonyl (C=O) groups is 1. The molecule has 5 N–H and O–H groups in total. The molecular formula is C13H16N4O2. The van der Waals surface area contributed by atoms with Gasteiger partial charge in [0.15, 0.2) is 5.69 Å². The Bertz CT molecular complexity index is 565. The molecule has 6 nitrogen and oxygen atoms in total. The Kier molecular flexibility index (Phi) is 3.82. The fraction of sp³-hybridized carbons (Fsp3) is 0.231. The van der Waals surface area contributed by atoms with Crippen LogP contribution in [0.25, 0.3) is 0 Å². The standard InChI is InChI=1S/C13H16N4O2/c1-8-11(14)12(17-16-8)13(19)15-10(7-18)9-5-3-2-4-6-9/h2-6,10,18H,7,14H2,1H3,(H,15,19)(H,16,17). The predicted molar refractivity (Wildman–Crippen MR) is 71.5 cm³/mol. The molecule has 0 aliphatic carbocycles. The number of rotatable bonds is 4. The van der Waals surface area contributed by atoms with E-state index in [0.29, 0.717) is 11.4 Å². The van der Waals surface area contributed by atoms with E-state index in [1.807, 2.05) is 30.3 Å². The maximum Gasteiger partial charge on any atom is 0.274 e. The highest BCUT2D eigenvalue weighted by atomic mass is 16.3. The molecular weight excluding hydrogens is 244 g/mol. The molecule has 0 bridgehead atoms. The number of anilines is 1. The van der Waals surface area contributed by atoms with Gasteiger partial charge in [0, 0.05) is 0 Å². The zero-order valence-corrected chi connectivity index (χ0v) is 10.6. The number of aromatic nitrogens is 2. The Morgan fingerprint density at radius 1 is 1.47 bits per heavy atom. The molecule has 2 rings (SSSR count). The molecule has 0 radical (unpaired) electrons. The van der Waals surface area contributed by atoms with Crippen molar-refractivity contribution in [3.8, 4) is 0 Å². The van der Waals surface area contributed by atoms with Gasteiger partial charge in [-0.05, 0) is 12.5 Å². The Morgan fingerprint density at radius 3 is 2.68 bits per heavy atom. The zero-order valence-electron chi connectivity index (χ0n) is 10.6. The number of nitrogens with zero attached hydrogens (tertiary/aromatic N) is 1. The third kappa shape index (κ3) is 2.74. The molecule has 0 aliphatic heterocycles. The van der Waals surface area contributed by atoms with E-state index in [9.17, 15) is 9.90 Å². The number of amides is 1. The first-order valence-corrected chi connectivity index (χ1v) is 5.90. The maximum absolute atomic E-state index is 12.0. The van der Waals surface area contributed by atoms with Crippen LogP contribution >= 0.6 is 0 Å². The van der Waals surface area contributed by atoms with Crippen molar-refractivity contribution in [1.29, 1.82) is 0 Å². The first kappa shape index (κ1) is 13.1. The summed E-state index contributed by atoms with van der Waals surface area (Å²) in [6.07, 6.45) is 0. The molecule has 1 aromatic carbocycles. The second-order valence-corrected chi connectivity index (χ2v) is 4.23. The van der Waals surface area contributed by atoms with Crippen molar-refractivity contribution in [3.63, 3.8) is 0 Å². The van der Waals surface area contributed by atoms with Crippen LogP contribution in [-0.4, -0.2) is 27.8 Å². The fourth-order valence-electron chi connectivity index (χ4n) is 1.76. The summed E-state index contributed by atoms with van der Waals surface area (Å²) in [6.45, 7) is 1.54. The first-order chi connectivity index (χ1) is 9.13. The number of hydrogen-bond donors (Lipinski definition) is 4. The smallest absolute Gasteiger partial charge is 0.274 e. The first-order valence-electron chi connectivity index (χ1n) is 5.90. The lowest BCUT2D eigenvalue weighted by molar-refractivity contribution is 0.0912. The van der Waals surface area contributed by atoms with Crippen molar-refractivity contribution in [2.24, 2.45) is 0 Å². The molecule has 2 aromatic rings. The van der Waals surface area contributed by atoms with Gasteiger partial charge in [0.05, 0.1) is 24.0 Å². The third-order valence-corrected chi connectivity index (χ3v) is 2.90. The highest BCUT2D eigenvalue weighted by Gasteiger charge is 2.19. The molecule has 1 heterocycles. The maximum atomic E-state index is 12.0. The van der Waals surface area contributed by atoms with Crippen LogP contribution in [0.5, 0.6) is 0 Å². The van der Waals surface area contributed by atoms with Crippen molar-refractivity contribution in [3.05, 3.63) is 47.3 Å². The second kappa shape index (κ2) is 5.53. The molecule has 19 heavy (non-hydrogen) atoms. The molecule has 0 spiro atoms. The van der Waals surface area contributed by atoms with Crippen LogP contribution < -0.4 is 11.1 Å². The average Bonchev–Trinajstić information content (AvgIpc) is 2.77. The largest absolute Gasteiger partial charge is 0.395 e. The molecule has 1 unspecified atom stereocenters. The van der Waals surface area contributed by atoms with Crippen LogP contribution in [0.15, 0.2) is 30.3 Å². The van der Waals surface area contributed by atoms with Gasteiger partial charge in [0.25, 0.3) is 5.91 Å². The molecule has 100 valence electrons. The van der Waals surface area contributed by atoms with Gasteiger partial charge < -0.3 is 16.2 Å². The van der Waals surface area contributed by atoms with Crippen LogP contribution in [0.3, 0.4) is 0 Å². The number of nitrogen functional groups attached to an aromatic ring is 1. The van der Waals surface area contributed by atoms with Gasteiger partial charge in [-0.15, -0.1) is 0 Å². The number of carbonyl (C=O) groups excluding carboxylic acids is 1. The summed E-state index contributed by atoms with van der Waals surface area (Å²) in [7, 11) is 0. The van der Waals surface area contributed by atoms with Crippen LogP contribution in [0.1, 0.15) is 27.8 Å². The Hall–Kier alpha value is -2.34. The molecule has 0 saturated carbocycles. The van der Waals surface area contributed by atoms with Gasteiger partial charge in [0.1, 0.15) is 0 Å². The van der Waals surface area contributed by atoms with E-state index in [2.05, 4.69) is 15.5 Å². The topological polar surface area (TPSA) is 104 Å². The third-order valence-electron chi connectivity index (χ3n) is 2.90. The molecule has 6 heteroatoms. The number of benzene rings is 1. The van der Waals surface area contributed by atoms with Crippen molar-refractivity contribution >= 4 is 11.6 Å². The van der Waals surface area contributed by atoms with Crippen LogP contribution in [0.2, 0.25) is 0 Å². The second-order valence-electron chi connectivity index (χ2n) is 4.23. The van der Waals surface area contributed by atoms with Crippen molar-refractivity contribution < 1.29 is 9.90 Å². The van der Waals surface area contributed by atoms with Gasteiger partial charge in [-0.25, -0.2) is 0 Å². The lowest BCUT2D eigenvalue weighted by Crippen LogP contribution is -2.31. The summed E-state index contributed by atoms with van der Waals surface area (Å²) >= 11 is 0. The van der Waals surface area contributed by atoms with Crippen molar-refractivity contribution in [2.75, 3.05) is 12.3 Å². The molecule has 0 fully saturated rings. The summed E-state index contributed by atoms with van der Waals surface area (Å²) in [4.78, 5) is 12.0. The number of aliphatic hydroxyl groups excluding tert-OH is 1. The summed E-state index contributed by atoms with van der Waals surface area (Å²) in [5, 5.41) is 18.6. The number of aryl methyl sites for hydroxylation is 1. The molecule has 1 amide bonds. The number of hydrogen-bond acceptors (Lipinski definition) is 4. The number of nitrogens with one attached hydrogen (secondary N) is 2.